The van der Waals surface area contributed by atoms with Gasteiger partial charge in [-0.25, -0.2) is 5.43 Å². The van der Waals surface area contributed by atoms with Crippen LogP contribution in [0.4, 0.5) is 0 Å². The molecule has 1 fully saturated rings. The fourth-order valence-electron chi connectivity index (χ4n) is 2.52. The van der Waals surface area contributed by atoms with Gasteiger partial charge in [-0.1, -0.05) is 35.4 Å². The van der Waals surface area contributed by atoms with Gasteiger partial charge in [0.2, 0.25) is 0 Å². The van der Waals surface area contributed by atoms with Gasteiger partial charge in [-0.3, -0.25) is 4.79 Å². The number of hydrogen-bond donors (Lipinski definition) is 1. The predicted molar refractivity (Wildman–Crippen MR) is 76.7 cm³/mol. The maximum Gasteiger partial charge on any atom is 0.272 e. The molecule has 0 saturated heterocycles. The Morgan fingerprint density at radius 2 is 2.21 bits per heavy atom. The van der Waals surface area contributed by atoms with Crippen molar-refractivity contribution in [2.24, 2.45) is 16.9 Å². The topological polar surface area (TPSA) is 41.5 Å². The third kappa shape index (κ3) is 2.40. The van der Waals surface area contributed by atoms with Gasteiger partial charge >= 0.3 is 0 Å². The molecule has 1 aromatic carbocycles. The summed E-state index contributed by atoms with van der Waals surface area (Å²) < 4.78 is 0. The van der Waals surface area contributed by atoms with Gasteiger partial charge in [0.1, 0.15) is 0 Å². The summed E-state index contributed by atoms with van der Waals surface area (Å²) in [5.41, 5.74) is 3.96. The number of fused-ring (bicyclic) bond motifs is 1. The quantitative estimate of drug-likeness (QED) is 0.656. The van der Waals surface area contributed by atoms with Gasteiger partial charge in [-0.05, 0) is 37.0 Å². The van der Waals surface area contributed by atoms with Crippen molar-refractivity contribution in [2.45, 2.75) is 12.8 Å². The summed E-state index contributed by atoms with van der Waals surface area (Å²) in [5.74, 6) is 0.773. The molecule has 0 aromatic heterocycles. The molecule has 5 heteroatoms. The van der Waals surface area contributed by atoms with Crippen molar-refractivity contribution in [1.29, 1.82) is 0 Å². The lowest BCUT2D eigenvalue weighted by atomic mass is 9.74. The predicted octanol–water partition coefficient (Wildman–Crippen LogP) is 3.68. The van der Waals surface area contributed by atoms with Crippen LogP contribution in [-0.2, 0) is 0 Å². The number of hydrazone groups is 1. The highest BCUT2D eigenvalue weighted by atomic mass is 35.5. The van der Waals surface area contributed by atoms with Crippen LogP contribution in [0.25, 0.3) is 0 Å². The van der Waals surface area contributed by atoms with Crippen molar-refractivity contribution >= 4 is 34.8 Å². The van der Waals surface area contributed by atoms with Crippen molar-refractivity contribution in [3.8, 4) is 0 Å². The fourth-order valence-corrected chi connectivity index (χ4v) is 2.89. The van der Waals surface area contributed by atoms with Crippen molar-refractivity contribution < 1.29 is 4.79 Å². The first-order chi connectivity index (χ1) is 9.15. The standard InChI is InChI=1S/C14H12Cl2N2O/c15-9-4-5-12(16)11(7-9)14(19)18-17-13-6-8-2-1-3-10(8)13/h1-2,4-5,7-8,10H,3,6H2,(H,18,19)/b17-13-/t8-,10-/m0/s1. The third-order valence-corrected chi connectivity index (χ3v) is 4.20. The molecule has 2 atom stereocenters. The van der Waals surface area contributed by atoms with Crippen LogP contribution >= 0.6 is 23.2 Å². The number of nitrogens with one attached hydrogen (secondary N) is 1. The molecule has 0 heterocycles. The molecule has 1 saturated carbocycles. The van der Waals surface area contributed by atoms with E-state index in [4.69, 9.17) is 23.2 Å². The maximum atomic E-state index is 12.0. The first-order valence-corrected chi connectivity index (χ1v) is 6.89. The molecule has 19 heavy (non-hydrogen) atoms. The highest BCUT2D eigenvalue weighted by molar-refractivity contribution is 6.35. The van der Waals surface area contributed by atoms with Crippen molar-refractivity contribution in [3.63, 3.8) is 0 Å². The minimum absolute atomic E-state index is 0.325. The van der Waals surface area contributed by atoms with Crippen LogP contribution in [0, 0.1) is 11.8 Å². The number of amides is 1. The van der Waals surface area contributed by atoms with Crippen LogP contribution in [0.5, 0.6) is 0 Å². The zero-order valence-corrected chi connectivity index (χ0v) is 11.6. The van der Waals surface area contributed by atoms with Gasteiger partial charge in [0.25, 0.3) is 5.91 Å². The fraction of sp³-hybridized carbons (Fsp3) is 0.286. The molecule has 0 aliphatic heterocycles. The summed E-state index contributed by atoms with van der Waals surface area (Å²) in [6, 6.07) is 4.79. The molecule has 0 unspecified atom stereocenters. The molecular weight excluding hydrogens is 283 g/mol. The Labute approximate surface area is 121 Å². The van der Waals surface area contributed by atoms with Gasteiger partial charge in [0, 0.05) is 16.7 Å². The molecule has 1 N–H and O–H groups in total. The summed E-state index contributed by atoms with van der Waals surface area (Å²) in [5, 5.41) is 5.04. The number of carbonyl (C=O) groups excluding carboxylic acids is 1. The summed E-state index contributed by atoms with van der Waals surface area (Å²) >= 11 is 11.8. The van der Waals surface area contributed by atoms with E-state index >= 15 is 0 Å². The van der Waals surface area contributed by atoms with Gasteiger partial charge in [0.05, 0.1) is 10.6 Å². The first kappa shape index (κ1) is 12.7. The minimum Gasteiger partial charge on any atom is -0.267 e. The summed E-state index contributed by atoms with van der Waals surface area (Å²) in [6.07, 6.45) is 6.36. The number of nitrogens with zero attached hydrogens (tertiary/aromatic N) is 1. The molecule has 0 radical (unpaired) electrons. The van der Waals surface area contributed by atoms with Gasteiger partial charge in [-0.15, -0.1) is 0 Å². The Morgan fingerprint density at radius 3 is 3.00 bits per heavy atom. The Kier molecular flexibility index (Phi) is 3.33. The van der Waals surface area contributed by atoms with Crippen LogP contribution in [-0.4, -0.2) is 11.6 Å². The van der Waals surface area contributed by atoms with E-state index in [1.807, 2.05) is 0 Å². The molecule has 1 aromatic rings. The Morgan fingerprint density at radius 1 is 1.37 bits per heavy atom. The van der Waals surface area contributed by atoms with Crippen LogP contribution in [0.15, 0.2) is 35.5 Å². The summed E-state index contributed by atoms with van der Waals surface area (Å²) in [6.45, 7) is 0. The highest BCUT2D eigenvalue weighted by Crippen LogP contribution is 2.40. The van der Waals surface area contributed by atoms with Crippen molar-refractivity contribution in [1.82, 2.24) is 5.43 Å². The van der Waals surface area contributed by atoms with Gasteiger partial charge in [0.15, 0.2) is 0 Å². The molecule has 3 rings (SSSR count). The van der Waals surface area contributed by atoms with Crippen LogP contribution in [0.1, 0.15) is 23.2 Å². The number of allylic oxidation sites excluding steroid dienone is 2. The number of rotatable bonds is 2. The number of carbonyl (C=O) groups is 1. The number of hydrogen-bond acceptors (Lipinski definition) is 2. The van der Waals surface area contributed by atoms with Crippen LogP contribution in [0.2, 0.25) is 10.0 Å². The average molecular weight is 295 g/mol. The zero-order valence-electron chi connectivity index (χ0n) is 10.1. The molecule has 0 bridgehead atoms. The van der Waals surface area contributed by atoms with E-state index < -0.39 is 0 Å². The SMILES string of the molecule is O=C(N/N=C1/C[C@@H]2C=CC[C@H]12)c1cc(Cl)ccc1Cl. The smallest absolute Gasteiger partial charge is 0.267 e. The molecule has 98 valence electrons. The second kappa shape index (κ2) is 4.99. The molecule has 2 aliphatic carbocycles. The van der Waals surface area contributed by atoms with Crippen LogP contribution in [0.3, 0.4) is 0 Å². The molecule has 2 aliphatic rings. The Balaban J connectivity index is 1.69. The van der Waals surface area contributed by atoms with E-state index in [1.54, 1.807) is 18.2 Å². The molecule has 3 nitrogen and oxygen atoms in total. The first-order valence-electron chi connectivity index (χ1n) is 6.13. The second-order valence-corrected chi connectivity index (χ2v) is 5.65. The van der Waals surface area contributed by atoms with E-state index in [9.17, 15) is 4.79 Å². The zero-order chi connectivity index (χ0) is 13.4. The van der Waals surface area contributed by atoms with E-state index in [1.165, 1.54) is 0 Å². The van der Waals surface area contributed by atoms with E-state index in [2.05, 4.69) is 22.7 Å². The lowest BCUT2D eigenvalue weighted by Crippen LogP contribution is -2.35. The average Bonchev–Trinajstić information content (AvgIpc) is 2.74. The Hall–Kier alpha value is -1.32. The Bertz CT molecular complexity index is 595. The lowest BCUT2D eigenvalue weighted by molar-refractivity contribution is 0.0954. The van der Waals surface area contributed by atoms with Gasteiger partial charge < -0.3 is 0 Å². The van der Waals surface area contributed by atoms with Crippen LogP contribution < -0.4 is 5.43 Å². The lowest BCUT2D eigenvalue weighted by Gasteiger charge is -2.31. The van der Waals surface area contributed by atoms with E-state index in [0.29, 0.717) is 27.4 Å². The third-order valence-electron chi connectivity index (χ3n) is 3.64. The molecular formula is C14H12Cl2N2O. The van der Waals surface area contributed by atoms with E-state index in [0.717, 1.165) is 18.6 Å². The largest absolute Gasteiger partial charge is 0.272 e. The maximum absolute atomic E-state index is 12.0. The summed E-state index contributed by atoms with van der Waals surface area (Å²) in [4.78, 5) is 12.0. The van der Waals surface area contributed by atoms with E-state index in [-0.39, 0.29) is 5.91 Å². The second-order valence-electron chi connectivity index (χ2n) is 4.81. The monoisotopic (exact) mass is 294 g/mol. The van der Waals surface area contributed by atoms with Crippen molar-refractivity contribution in [3.05, 3.63) is 46.0 Å². The van der Waals surface area contributed by atoms with Crippen molar-refractivity contribution in [2.75, 3.05) is 0 Å². The normalized spacial score (nSPS) is 26.1. The minimum atomic E-state index is -0.325. The van der Waals surface area contributed by atoms with Gasteiger partial charge in [-0.2, -0.15) is 5.10 Å². The number of halogens is 2. The highest BCUT2D eigenvalue weighted by Gasteiger charge is 2.38. The number of benzene rings is 1. The molecule has 1 amide bonds. The summed E-state index contributed by atoms with van der Waals surface area (Å²) in [7, 11) is 0. The molecule has 0 spiro atoms.